The highest BCUT2D eigenvalue weighted by atomic mass is 32.2. The summed E-state index contributed by atoms with van der Waals surface area (Å²) in [5.74, 6) is -0.437. The van der Waals surface area contributed by atoms with Crippen molar-refractivity contribution < 1.29 is 21.9 Å². The van der Waals surface area contributed by atoms with E-state index in [2.05, 4.69) is 4.18 Å². The van der Waals surface area contributed by atoms with Gasteiger partial charge < -0.3 is 4.18 Å². The Bertz CT molecular complexity index is 477. The van der Waals surface area contributed by atoms with Crippen LogP contribution in [-0.2, 0) is 10.0 Å². The number of hydrogen-bond donors (Lipinski definition) is 2. The molecule has 0 spiro atoms. The van der Waals surface area contributed by atoms with Gasteiger partial charge >= 0.3 is 0 Å². The quantitative estimate of drug-likeness (QED) is 0.626. The second-order valence-electron chi connectivity index (χ2n) is 2.53. The molecule has 15 heavy (non-hydrogen) atoms. The average Bonchev–Trinajstić information content (AvgIpc) is 2.48. The van der Waals surface area contributed by atoms with E-state index < -0.39 is 15.8 Å². The van der Waals surface area contributed by atoms with E-state index in [1.807, 2.05) is 0 Å². The zero-order chi connectivity index (χ0) is 11.6. The predicted octanol–water partition coefficient (Wildman–Crippen LogP) is 1.10. The molecule has 6 nitrogen and oxygen atoms in total. The number of carbonyl (C=O) groups is 1. The van der Waals surface area contributed by atoms with Crippen LogP contribution < -0.4 is 9.32 Å². The third kappa shape index (κ3) is 2.92. The molecule has 1 rings (SSSR count). The molecule has 0 unspecified atom stereocenters. The van der Waals surface area contributed by atoms with Crippen molar-refractivity contribution in [3.63, 3.8) is 0 Å². The highest BCUT2D eigenvalue weighted by Crippen LogP contribution is 2.33. The molecule has 3 N–H and O–H groups in total. The molecular weight excluding hydrogens is 262 g/mol. The van der Waals surface area contributed by atoms with Crippen LogP contribution in [0.25, 0.3) is 0 Å². The van der Waals surface area contributed by atoms with Gasteiger partial charge in [0.15, 0.2) is 10.8 Å². The third-order valence-corrected chi connectivity index (χ3v) is 4.28. The first-order valence-electron chi connectivity index (χ1n) is 3.52. The monoisotopic (exact) mass is 269 g/mol. The average molecular weight is 269 g/mol. The minimum absolute atomic E-state index is 0.0356. The van der Waals surface area contributed by atoms with E-state index in [0.717, 1.165) is 0 Å². The maximum atomic E-state index is 11.1. The normalized spacial score (nSPS) is 11.4. The van der Waals surface area contributed by atoms with Crippen LogP contribution in [0, 0.1) is 0 Å². The molecule has 1 heterocycles. The van der Waals surface area contributed by atoms with Crippen LogP contribution in [0.15, 0.2) is 10.3 Å². The van der Waals surface area contributed by atoms with E-state index >= 15 is 0 Å². The van der Waals surface area contributed by atoms with Gasteiger partial charge in [0.05, 0.1) is 5.56 Å². The molecule has 0 fully saturated rings. The van der Waals surface area contributed by atoms with Crippen LogP contribution in [-0.4, -0.2) is 18.8 Å². The molecule has 0 amide bonds. The fraction of sp³-hybridized carbons (Fsp3) is 0.167. The van der Waals surface area contributed by atoms with E-state index in [0.29, 0.717) is 11.3 Å². The summed E-state index contributed by atoms with van der Waals surface area (Å²) in [7, 11) is -3.95. The third-order valence-electron chi connectivity index (χ3n) is 1.43. The number of primary sulfonamides is 1. The summed E-state index contributed by atoms with van der Waals surface area (Å²) in [6, 6.07) is 1.22. The lowest BCUT2D eigenvalue weighted by Crippen LogP contribution is -2.13. The second-order valence-corrected chi connectivity index (χ2v) is 5.61. The van der Waals surface area contributed by atoms with Crippen molar-refractivity contribution in [2.45, 2.75) is 11.1 Å². The molecule has 0 saturated carbocycles. The van der Waals surface area contributed by atoms with Gasteiger partial charge in [0.25, 0.3) is 0 Å². The Hall–Kier alpha value is -0.610. The largest absolute Gasteiger partial charge is 0.389 e. The first-order valence-corrected chi connectivity index (χ1v) is 6.58. The highest BCUT2D eigenvalue weighted by molar-refractivity contribution is 7.91. The summed E-state index contributed by atoms with van der Waals surface area (Å²) in [6.07, 6.45) is 0. The lowest BCUT2D eigenvalue weighted by Gasteiger charge is -1.94. The van der Waals surface area contributed by atoms with Crippen molar-refractivity contribution in [2.24, 2.45) is 5.14 Å². The van der Waals surface area contributed by atoms with Crippen LogP contribution in [0.5, 0.6) is 5.06 Å². The Morgan fingerprint density at radius 3 is 2.60 bits per heavy atom. The van der Waals surface area contributed by atoms with Crippen molar-refractivity contribution in [3.8, 4) is 5.06 Å². The molecule has 0 aromatic carbocycles. The van der Waals surface area contributed by atoms with Crippen LogP contribution in [0.1, 0.15) is 17.3 Å². The maximum absolute atomic E-state index is 11.1. The van der Waals surface area contributed by atoms with E-state index in [-0.39, 0.29) is 27.2 Å². The second kappa shape index (κ2) is 4.49. The zero-order valence-corrected chi connectivity index (χ0v) is 9.91. The van der Waals surface area contributed by atoms with Crippen molar-refractivity contribution >= 4 is 39.5 Å². The van der Waals surface area contributed by atoms with Gasteiger partial charge in [-0.25, -0.2) is 13.6 Å². The van der Waals surface area contributed by atoms with Gasteiger partial charge in [0.1, 0.15) is 4.21 Å². The van der Waals surface area contributed by atoms with Gasteiger partial charge in [-0.15, -0.1) is 0 Å². The van der Waals surface area contributed by atoms with Gasteiger partial charge in [-0.2, -0.15) is 0 Å². The SMILES string of the molecule is CC(=O)c1cc(OSO)sc1S(N)(=O)=O. The molecule has 1 aromatic heterocycles. The molecule has 0 radical (unpaired) electrons. The fourth-order valence-corrected chi connectivity index (χ4v) is 3.13. The Kier molecular flexibility index (Phi) is 3.73. The van der Waals surface area contributed by atoms with Crippen LogP contribution in [0.4, 0.5) is 0 Å². The smallest absolute Gasteiger partial charge is 0.248 e. The van der Waals surface area contributed by atoms with Gasteiger partial charge in [-0.1, -0.05) is 11.3 Å². The first kappa shape index (κ1) is 12.5. The van der Waals surface area contributed by atoms with Gasteiger partial charge in [0.2, 0.25) is 22.3 Å². The summed E-state index contributed by atoms with van der Waals surface area (Å²) in [5, 5.41) is 5.00. The first-order chi connectivity index (χ1) is 6.86. The molecule has 0 saturated heterocycles. The predicted molar refractivity (Wildman–Crippen MR) is 56.5 cm³/mol. The Balaban J connectivity index is 3.30. The Labute approximate surface area is 94.5 Å². The number of rotatable bonds is 4. The standard InChI is InChI=1S/C6H7NO5S3/c1-3(8)4-2-5(12-14-9)13-6(4)15(7,10)11/h2,9H,1H3,(H2,7,10,11). The maximum Gasteiger partial charge on any atom is 0.248 e. The molecule has 0 atom stereocenters. The van der Waals surface area contributed by atoms with Crippen molar-refractivity contribution in [1.29, 1.82) is 0 Å². The lowest BCUT2D eigenvalue weighted by atomic mass is 10.2. The van der Waals surface area contributed by atoms with Crippen LogP contribution >= 0.6 is 23.7 Å². The summed E-state index contributed by atoms with van der Waals surface area (Å²) in [4.78, 5) is 11.1. The molecule has 0 aliphatic rings. The minimum atomic E-state index is -3.95. The van der Waals surface area contributed by atoms with E-state index in [1.54, 1.807) is 0 Å². The number of sulfonamides is 1. The minimum Gasteiger partial charge on any atom is -0.389 e. The topological polar surface area (TPSA) is 107 Å². The van der Waals surface area contributed by atoms with Gasteiger partial charge in [-0.05, 0) is 6.92 Å². The molecule has 1 aromatic rings. The molecule has 0 bridgehead atoms. The number of carbonyl (C=O) groups excluding carboxylic acids is 1. The number of hydrogen-bond acceptors (Lipinski definition) is 7. The summed E-state index contributed by atoms with van der Waals surface area (Å²) >= 11 is 0.745. The number of nitrogens with two attached hydrogens (primary N) is 1. The van der Waals surface area contributed by atoms with Crippen molar-refractivity contribution in [3.05, 3.63) is 11.6 Å². The van der Waals surface area contributed by atoms with E-state index in [4.69, 9.17) is 9.69 Å². The van der Waals surface area contributed by atoms with Gasteiger partial charge in [0, 0.05) is 6.07 Å². The summed E-state index contributed by atoms with van der Waals surface area (Å²) < 4.78 is 34.9. The Morgan fingerprint density at radius 2 is 2.27 bits per heavy atom. The number of Topliss-reactive ketones (excluding diaryl/α,β-unsaturated/α-hetero) is 1. The lowest BCUT2D eigenvalue weighted by molar-refractivity contribution is 0.101. The van der Waals surface area contributed by atoms with Crippen molar-refractivity contribution in [2.75, 3.05) is 0 Å². The molecular formula is C6H7NO5S3. The van der Waals surface area contributed by atoms with Gasteiger partial charge in [-0.3, -0.25) is 9.35 Å². The van der Waals surface area contributed by atoms with Crippen LogP contribution in [0.2, 0.25) is 0 Å². The molecule has 0 aliphatic heterocycles. The van der Waals surface area contributed by atoms with Crippen molar-refractivity contribution in [1.82, 2.24) is 0 Å². The molecule has 9 heteroatoms. The molecule has 0 aliphatic carbocycles. The number of ketones is 1. The highest BCUT2D eigenvalue weighted by Gasteiger charge is 2.22. The molecule has 84 valence electrons. The fourth-order valence-electron chi connectivity index (χ4n) is 0.887. The number of thiophene rings is 1. The van der Waals surface area contributed by atoms with Crippen LogP contribution in [0.3, 0.4) is 0 Å². The Morgan fingerprint density at radius 1 is 1.67 bits per heavy atom. The van der Waals surface area contributed by atoms with E-state index in [9.17, 15) is 13.2 Å². The zero-order valence-electron chi connectivity index (χ0n) is 7.46. The summed E-state index contributed by atoms with van der Waals surface area (Å²) in [5.41, 5.74) is -0.0356. The summed E-state index contributed by atoms with van der Waals surface area (Å²) in [6.45, 7) is 1.21. The van der Waals surface area contributed by atoms with E-state index in [1.165, 1.54) is 13.0 Å².